The van der Waals surface area contributed by atoms with E-state index in [2.05, 4.69) is 0 Å². The average Bonchev–Trinajstić information content (AvgIpc) is 3.05. The Balaban J connectivity index is 2.05. The molecule has 134 valence electrons. The van der Waals surface area contributed by atoms with Gasteiger partial charge in [-0.3, -0.25) is 9.59 Å². The first-order valence-corrected chi connectivity index (χ1v) is 8.48. The first-order valence-electron chi connectivity index (χ1n) is 8.48. The summed E-state index contributed by atoms with van der Waals surface area (Å²) in [6, 6.07) is 14.8. The molecule has 0 spiro atoms. The summed E-state index contributed by atoms with van der Waals surface area (Å²) in [5, 5.41) is 0.678. The molecule has 0 saturated heterocycles. The van der Waals surface area contributed by atoms with Crippen LogP contribution >= 0.6 is 0 Å². The zero-order valence-electron chi connectivity index (χ0n) is 14.8. The molecule has 26 heavy (non-hydrogen) atoms. The molecular formula is C21H20O5. The lowest BCUT2D eigenvalue weighted by molar-refractivity contribution is -0.143. The van der Waals surface area contributed by atoms with Gasteiger partial charge >= 0.3 is 5.97 Å². The predicted molar refractivity (Wildman–Crippen MR) is 98.4 cm³/mol. The van der Waals surface area contributed by atoms with E-state index in [-0.39, 0.29) is 24.6 Å². The topological polar surface area (TPSA) is 65.7 Å². The molecule has 5 heteroatoms. The van der Waals surface area contributed by atoms with Crippen molar-refractivity contribution in [3.05, 3.63) is 54.1 Å². The van der Waals surface area contributed by atoms with Gasteiger partial charge in [-0.25, -0.2) is 0 Å². The van der Waals surface area contributed by atoms with Crippen molar-refractivity contribution in [3.8, 4) is 17.1 Å². The van der Waals surface area contributed by atoms with Crippen molar-refractivity contribution in [2.45, 2.75) is 19.8 Å². The Morgan fingerprint density at radius 1 is 1.04 bits per heavy atom. The smallest absolute Gasteiger partial charge is 0.306 e. The van der Waals surface area contributed by atoms with Crippen LogP contribution in [0.5, 0.6) is 5.75 Å². The molecule has 0 aliphatic heterocycles. The van der Waals surface area contributed by atoms with E-state index in [1.807, 2.05) is 30.3 Å². The van der Waals surface area contributed by atoms with Crippen LogP contribution < -0.4 is 4.74 Å². The highest BCUT2D eigenvalue weighted by Crippen LogP contribution is 2.36. The molecule has 2 aromatic carbocycles. The normalized spacial score (nSPS) is 10.7. The summed E-state index contributed by atoms with van der Waals surface area (Å²) in [7, 11) is 1.57. The van der Waals surface area contributed by atoms with E-state index in [4.69, 9.17) is 13.9 Å². The molecule has 0 aliphatic carbocycles. The van der Waals surface area contributed by atoms with Crippen LogP contribution in [-0.4, -0.2) is 25.5 Å². The molecule has 0 unspecified atom stereocenters. The van der Waals surface area contributed by atoms with E-state index in [9.17, 15) is 9.59 Å². The van der Waals surface area contributed by atoms with Crippen LogP contribution in [0.1, 0.15) is 30.1 Å². The van der Waals surface area contributed by atoms with E-state index in [1.165, 1.54) is 0 Å². The Morgan fingerprint density at radius 2 is 1.81 bits per heavy atom. The third-order valence-corrected chi connectivity index (χ3v) is 4.07. The molecule has 0 aliphatic rings. The lowest BCUT2D eigenvalue weighted by Gasteiger charge is -2.04. The molecule has 0 bridgehead atoms. The molecule has 0 fully saturated rings. The standard InChI is InChI=1S/C21H20O5/c1-3-25-19(23)12-10-17(22)20-16-13-15(24-2)9-11-18(16)26-21(20)14-7-5-4-6-8-14/h4-9,11,13H,3,10,12H2,1-2H3. The number of rotatable bonds is 7. The molecule has 0 atom stereocenters. The fraction of sp³-hybridized carbons (Fsp3) is 0.238. The van der Waals surface area contributed by atoms with E-state index in [0.717, 1.165) is 5.56 Å². The van der Waals surface area contributed by atoms with Gasteiger partial charge in [0.05, 0.1) is 25.7 Å². The van der Waals surface area contributed by atoms with Gasteiger partial charge in [0.25, 0.3) is 0 Å². The maximum Gasteiger partial charge on any atom is 0.306 e. The maximum absolute atomic E-state index is 12.9. The third kappa shape index (κ3) is 3.61. The highest BCUT2D eigenvalue weighted by Gasteiger charge is 2.23. The van der Waals surface area contributed by atoms with Crippen LogP contribution in [0.3, 0.4) is 0 Å². The number of Topliss-reactive ketones (excluding diaryl/α,β-unsaturated/α-hetero) is 1. The van der Waals surface area contributed by atoms with Crippen LogP contribution in [0.4, 0.5) is 0 Å². The van der Waals surface area contributed by atoms with Gasteiger partial charge in [-0.2, -0.15) is 0 Å². The largest absolute Gasteiger partial charge is 0.497 e. The number of esters is 1. The Kier molecular flexibility index (Phi) is 5.37. The molecule has 0 amide bonds. The van der Waals surface area contributed by atoms with Gasteiger partial charge in [-0.1, -0.05) is 30.3 Å². The number of ketones is 1. The average molecular weight is 352 g/mol. The first-order chi connectivity index (χ1) is 12.6. The second-order valence-corrected chi connectivity index (χ2v) is 5.76. The molecule has 1 aromatic heterocycles. The summed E-state index contributed by atoms with van der Waals surface area (Å²) < 4.78 is 16.2. The van der Waals surface area contributed by atoms with Crippen molar-refractivity contribution in [1.82, 2.24) is 0 Å². The lowest BCUT2D eigenvalue weighted by Crippen LogP contribution is -2.08. The van der Waals surface area contributed by atoms with Gasteiger partial charge in [0.2, 0.25) is 0 Å². The minimum absolute atomic E-state index is 0.0392. The molecule has 5 nitrogen and oxygen atoms in total. The molecule has 0 radical (unpaired) electrons. The number of carbonyl (C=O) groups excluding carboxylic acids is 2. The zero-order chi connectivity index (χ0) is 18.5. The Hall–Kier alpha value is -3.08. The van der Waals surface area contributed by atoms with Crippen LogP contribution in [0.15, 0.2) is 52.9 Å². The van der Waals surface area contributed by atoms with Gasteiger partial charge in [0.1, 0.15) is 17.1 Å². The van der Waals surface area contributed by atoms with E-state index < -0.39 is 0 Å². The molecule has 3 rings (SSSR count). The fourth-order valence-corrected chi connectivity index (χ4v) is 2.85. The molecular weight excluding hydrogens is 332 g/mol. The number of fused-ring (bicyclic) bond motifs is 1. The summed E-state index contributed by atoms with van der Waals surface area (Å²) in [5.41, 5.74) is 1.88. The third-order valence-electron chi connectivity index (χ3n) is 4.07. The molecule has 0 N–H and O–H groups in total. The van der Waals surface area contributed by atoms with Crippen LogP contribution in [0.25, 0.3) is 22.3 Å². The van der Waals surface area contributed by atoms with Gasteiger partial charge in [0.15, 0.2) is 5.78 Å². The molecule has 1 heterocycles. The van der Waals surface area contributed by atoms with Crippen molar-refractivity contribution >= 4 is 22.7 Å². The monoisotopic (exact) mass is 352 g/mol. The molecule has 0 saturated carbocycles. The summed E-state index contributed by atoms with van der Waals surface area (Å²) in [6.07, 6.45) is 0.0993. The van der Waals surface area contributed by atoms with Gasteiger partial charge in [0, 0.05) is 17.4 Å². The highest BCUT2D eigenvalue weighted by molar-refractivity contribution is 6.12. The van der Waals surface area contributed by atoms with Gasteiger partial charge in [-0.15, -0.1) is 0 Å². The van der Waals surface area contributed by atoms with Crippen molar-refractivity contribution in [3.63, 3.8) is 0 Å². The quantitative estimate of drug-likeness (QED) is 0.458. The highest BCUT2D eigenvalue weighted by atomic mass is 16.5. The summed E-state index contributed by atoms with van der Waals surface area (Å²) >= 11 is 0. The van der Waals surface area contributed by atoms with Gasteiger partial charge < -0.3 is 13.9 Å². The Morgan fingerprint density at radius 3 is 2.50 bits per heavy atom. The number of hydrogen-bond donors (Lipinski definition) is 0. The van der Waals surface area contributed by atoms with Crippen molar-refractivity contribution in [2.24, 2.45) is 0 Å². The number of hydrogen-bond acceptors (Lipinski definition) is 5. The van der Waals surface area contributed by atoms with E-state index >= 15 is 0 Å². The lowest BCUT2D eigenvalue weighted by atomic mass is 9.99. The Bertz CT molecular complexity index is 924. The van der Waals surface area contributed by atoms with Crippen molar-refractivity contribution in [2.75, 3.05) is 13.7 Å². The van der Waals surface area contributed by atoms with Gasteiger partial charge in [-0.05, 0) is 25.1 Å². The van der Waals surface area contributed by atoms with E-state index in [1.54, 1.807) is 32.2 Å². The summed E-state index contributed by atoms with van der Waals surface area (Å²) in [4.78, 5) is 24.5. The number of ether oxygens (including phenoxy) is 2. The second kappa shape index (κ2) is 7.87. The predicted octanol–water partition coefficient (Wildman–Crippen LogP) is 4.63. The number of carbonyl (C=O) groups is 2. The zero-order valence-corrected chi connectivity index (χ0v) is 14.8. The van der Waals surface area contributed by atoms with E-state index in [0.29, 0.717) is 34.6 Å². The SMILES string of the molecule is CCOC(=O)CCC(=O)c1c(-c2ccccc2)oc2ccc(OC)cc12. The van der Waals surface area contributed by atoms with Crippen molar-refractivity contribution in [1.29, 1.82) is 0 Å². The minimum atomic E-state index is -0.382. The summed E-state index contributed by atoms with van der Waals surface area (Å²) in [5.74, 6) is 0.594. The second-order valence-electron chi connectivity index (χ2n) is 5.76. The number of benzene rings is 2. The maximum atomic E-state index is 12.9. The summed E-state index contributed by atoms with van der Waals surface area (Å²) in [6.45, 7) is 2.04. The minimum Gasteiger partial charge on any atom is -0.497 e. The van der Waals surface area contributed by atoms with Crippen LogP contribution in [0, 0.1) is 0 Å². The van der Waals surface area contributed by atoms with Crippen LogP contribution in [-0.2, 0) is 9.53 Å². The van der Waals surface area contributed by atoms with Crippen LogP contribution in [0.2, 0.25) is 0 Å². The fourth-order valence-electron chi connectivity index (χ4n) is 2.85. The molecule has 3 aromatic rings. The van der Waals surface area contributed by atoms with Crippen molar-refractivity contribution < 1.29 is 23.5 Å². The number of furan rings is 1. The Labute approximate surface area is 151 Å². The first kappa shape index (κ1) is 17.7. The number of methoxy groups -OCH3 is 1.